The summed E-state index contributed by atoms with van der Waals surface area (Å²) < 4.78 is 19.2. The average Bonchev–Trinajstić information content (AvgIpc) is 3.28. The number of aliphatic carboxylic acids is 2. The molecule has 2 fully saturated rings. The summed E-state index contributed by atoms with van der Waals surface area (Å²) in [7, 11) is 0. The van der Waals surface area contributed by atoms with E-state index in [0.717, 1.165) is 69.8 Å². The molecule has 39 heavy (non-hydrogen) atoms. The van der Waals surface area contributed by atoms with Crippen LogP contribution in [-0.4, -0.2) is 83.4 Å². The second-order valence-electron chi connectivity index (χ2n) is 10.0. The average molecular weight is 544 g/mol. The first-order valence-electron chi connectivity index (χ1n) is 13.4. The van der Waals surface area contributed by atoms with Crippen LogP contribution in [0.25, 0.3) is 0 Å². The van der Waals surface area contributed by atoms with Gasteiger partial charge in [0.15, 0.2) is 0 Å². The molecule has 0 atom stereocenters. The minimum atomic E-state index is -1.82. The summed E-state index contributed by atoms with van der Waals surface area (Å²) in [5.41, 5.74) is 2.12. The van der Waals surface area contributed by atoms with E-state index < -0.39 is 11.9 Å². The molecule has 2 aliphatic rings. The van der Waals surface area contributed by atoms with Gasteiger partial charge in [0.05, 0.1) is 6.10 Å². The lowest BCUT2D eigenvalue weighted by Crippen LogP contribution is -2.35. The van der Waals surface area contributed by atoms with Crippen LogP contribution in [0.15, 0.2) is 48.5 Å². The summed E-state index contributed by atoms with van der Waals surface area (Å²) in [5, 5.41) is 14.8. The summed E-state index contributed by atoms with van der Waals surface area (Å²) in [4.78, 5) is 37.1. The molecule has 4 rings (SSSR count). The Morgan fingerprint density at radius 1 is 0.923 bits per heavy atom. The van der Waals surface area contributed by atoms with Crippen molar-refractivity contribution in [3.8, 4) is 5.75 Å². The lowest BCUT2D eigenvalue weighted by Gasteiger charge is -2.33. The van der Waals surface area contributed by atoms with E-state index in [4.69, 9.17) is 24.5 Å². The SMILES string of the molecule is CC(C)Oc1ccccc1C1CCN(CCCCN2CCN(c3ccc(F)cc3)C2=O)CC1.O=C(O)C(=O)O. The number of nitrogens with zero attached hydrogens (tertiary/aromatic N) is 3. The third-order valence-corrected chi connectivity index (χ3v) is 6.88. The monoisotopic (exact) mass is 543 g/mol. The Morgan fingerprint density at radius 3 is 2.15 bits per heavy atom. The molecule has 0 bridgehead atoms. The van der Waals surface area contributed by atoms with Gasteiger partial charge in [0.2, 0.25) is 0 Å². The number of piperidine rings is 1. The summed E-state index contributed by atoms with van der Waals surface area (Å²) in [6, 6.07) is 14.7. The summed E-state index contributed by atoms with van der Waals surface area (Å²) in [6.07, 6.45) is 4.62. The lowest BCUT2D eigenvalue weighted by atomic mass is 9.88. The van der Waals surface area contributed by atoms with Gasteiger partial charge in [-0.2, -0.15) is 0 Å². The highest BCUT2D eigenvalue weighted by atomic mass is 19.1. The Kier molecular flexibility index (Phi) is 11.1. The first-order chi connectivity index (χ1) is 18.7. The number of carboxylic acid groups (broad SMARTS) is 2. The van der Waals surface area contributed by atoms with Crippen LogP contribution in [0, 0.1) is 5.82 Å². The standard InChI is InChI=1S/C27H36FN3O2.C2H2O4/c1-21(2)33-26-8-4-3-7-25(26)22-13-17-29(18-14-22)15-5-6-16-30-19-20-31(27(30)32)24-11-9-23(28)10-12-24;3-1(4)2(5)6/h3-4,7-12,21-22H,5-6,13-20H2,1-2H3;(H,3,4)(H,5,6). The molecular formula is C29H38FN3O6. The van der Waals surface area contributed by atoms with E-state index in [2.05, 4.69) is 43.0 Å². The van der Waals surface area contributed by atoms with Gasteiger partial charge in [-0.05, 0) is 101 Å². The molecule has 2 aromatic rings. The maximum absolute atomic E-state index is 13.2. The zero-order chi connectivity index (χ0) is 28.4. The van der Waals surface area contributed by atoms with Gasteiger partial charge in [-0.15, -0.1) is 0 Å². The number of likely N-dealkylation sites (tertiary alicyclic amines) is 1. The highest BCUT2D eigenvalue weighted by Gasteiger charge is 2.29. The molecular weight excluding hydrogens is 505 g/mol. The van der Waals surface area contributed by atoms with Crippen molar-refractivity contribution in [2.75, 3.05) is 44.2 Å². The smallest absolute Gasteiger partial charge is 0.414 e. The Labute approximate surface area is 228 Å². The van der Waals surface area contributed by atoms with E-state index in [9.17, 15) is 9.18 Å². The zero-order valence-electron chi connectivity index (χ0n) is 22.6. The highest BCUT2D eigenvalue weighted by Crippen LogP contribution is 2.34. The van der Waals surface area contributed by atoms with E-state index in [-0.39, 0.29) is 18.0 Å². The Hall–Kier alpha value is -3.66. The molecule has 10 heteroatoms. The largest absolute Gasteiger partial charge is 0.491 e. The number of carbonyl (C=O) groups excluding carboxylic acids is 1. The third-order valence-electron chi connectivity index (χ3n) is 6.88. The number of amides is 2. The van der Waals surface area contributed by atoms with Gasteiger partial charge in [0, 0.05) is 25.3 Å². The number of hydrogen-bond acceptors (Lipinski definition) is 5. The first kappa shape index (κ1) is 29.9. The summed E-state index contributed by atoms with van der Waals surface area (Å²) >= 11 is 0. The maximum atomic E-state index is 13.2. The molecule has 0 aromatic heterocycles. The van der Waals surface area contributed by atoms with Gasteiger partial charge in [-0.25, -0.2) is 18.8 Å². The number of rotatable bonds is 9. The highest BCUT2D eigenvalue weighted by molar-refractivity contribution is 6.27. The number of anilines is 1. The molecule has 2 aromatic carbocycles. The third kappa shape index (κ3) is 8.95. The number of unbranched alkanes of at least 4 members (excludes halogenated alkanes) is 1. The van der Waals surface area contributed by atoms with Crippen molar-refractivity contribution in [2.24, 2.45) is 0 Å². The van der Waals surface area contributed by atoms with Gasteiger partial charge >= 0.3 is 18.0 Å². The number of hydrogen-bond donors (Lipinski definition) is 2. The fourth-order valence-electron chi connectivity index (χ4n) is 4.94. The van der Waals surface area contributed by atoms with Gasteiger partial charge in [0.1, 0.15) is 11.6 Å². The molecule has 0 unspecified atom stereocenters. The predicted octanol–water partition coefficient (Wildman–Crippen LogP) is 4.67. The second-order valence-corrected chi connectivity index (χ2v) is 10.0. The van der Waals surface area contributed by atoms with E-state index in [0.29, 0.717) is 12.5 Å². The molecule has 212 valence electrons. The van der Waals surface area contributed by atoms with Crippen LogP contribution in [0.3, 0.4) is 0 Å². The zero-order valence-corrected chi connectivity index (χ0v) is 22.6. The predicted molar refractivity (Wildman–Crippen MR) is 146 cm³/mol. The number of halogens is 1. The van der Waals surface area contributed by atoms with Crippen molar-refractivity contribution in [3.63, 3.8) is 0 Å². The molecule has 9 nitrogen and oxygen atoms in total. The van der Waals surface area contributed by atoms with E-state index in [1.165, 1.54) is 17.7 Å². The molecule has 2 N–H and O–H groups in total. The molecule has 0 spiro atoms. The number of carboxylic acids is 2. The van der Waals surface area contributed by atoms with Gasteiger partial charge < -0.3 is 24.7 Å². The fraction of sp³-hybridized carbons (Fsp3) is 0.483. The quantitative estimate of drug-likeness (QED) is 0.349. The van der Waals surface area contributed by atoms with Crippen LogP contribution < -0.4 is 9.64 Å². The normalized spacial score (nSPS) is 16.3. The lowest BCUT2D eigenvalue weighted by molar-refractivity contribution is -0.159. The fourth-order valence-corrected chi connectivity index (χ4v) is 4.94. The number of benzene rings is 2. The van der Waals surface area contributed by atoms with Gasteiger partial charge in [-0.1, -0.05) is 18.2 Å². The van der Waals surface area contributed by atoms with Crippen LogP contribution in [0.2, 0.25) is 0 Å². The first-order valence-corrected chi connectivity index (χ1v) is 13.4. The molecule has 2 saturated heterocycles. The number of carbonyl (C=O) groups is 3. The molecule has 2 aliphatic heterocycles. The van der Waals surface area contributed by atoms with Crippen LogP contribution >= 0.6 is 0 Å². The minimum Gasteiger partial charge on any atom is -0.491 e. The van der Waals surface area contributed by atoms with Gasteiger partial charge in [-0.3, -0.25) is 4.90 Å². The molecule has 0 saturated carbocycles. The minimum absolute atomic E-state index is 0.0321. The Balaban J connectivity index is 0.000000631. The van der Waals surface area contributed by atoms with Crippen molar-refractivity contribution in [2.45, 2.75) is 51.6 Å². The second kappa shape index (κ2) is 14.5. The van der Waals surface area contributed by atoms with Crippen molar-refractivity contribution < 1.29 is 33.7 Å². The topological polar surface area (TPSA) is 111 Å². The Morgan fingerprint density at radius 2 is 1.54 bits per heavy atom. The molecule has 2 heterocycles. The number of urea groups is 1. The molecule has 0 radical (unpaired) electrons. The molecule has 0 aliphatic carbocycles. The molecule has 2 amide bonds. The van der Waals surface area contributed by atoms with E-state index in [1.54, 1.807) is 17.0 Å². The summed E-state index contributed by atoms with van der Waals surface area (Å²) in [5.74, 6) is -2.32. The van der Waals surface area contributed by atoms with Crippen molar-refractivity contribution in [1.29, 1.82) is 0 Å². The number of ether oxygens (including phenoxy) is 1. The van der Waals surface area contributed by atoms with Crippen molar-refractivity contribution in [3.05, 3.63) is 59.9 Å². The summed E-state index contributed by atoms with van der Waals surface area (Å²) in [6.45, 7) is 9.65. The van der Waals surface area contributed by atoms with E-state index in [1.807, 2.05) is 4.90 Å². The van der Waals surface area contributed by atoms with Crippen LogP contribution in [0.1, 0.15) is 51.0 Å². The van der Waals surface area contributed by atoms with Crippen LogP contribution in [0.4, 0.5) is 14.9 Å². The van der Waals surface area contributed by atoms with Crippen molar-refractivity contribution in [1.82, 2.24) is 9.80 Å². The maximum Gasteiger partial charge on any atom is 0.414 e. The van der Waals surface area contributed by atoms with Crippen LogP contribution in [-0.2, 0) is 9.59 Å². The van der Waals surface area contributed by atoms with Gasteiger partial charge in [0.25, 0.3) is 0 Å². The number of para-hydroxylation sites is 1. The van der Waals surface area contributed by atoms with E-state index >= 15 is 0 Å². The van der Waals surface area contributed by atoms with Crippen LogP contribution in [0.5, 0.6) is 5.75 Å². The Bertz CT molecular complexity index is 1090. The van der Waals surface area contributed by atoms with Crippen molar-refractivity contribution >= 4 is 23.7 Å².